The molecule has 1 fully saturated rings. The number of anilines is 1. The second kappa shape index (κ2) is 11.6. The van der Waals surface area contributed by atoms with Gasteiger partial charge in [0.15, 0.2) is 11.5 Å². The molecule has 2 aromatic carbocycles. The first kappa shape index (κ1) is 25.7. The molecule has 1 N–H and O–H groups in total. The van der Waals surface area contributed by atoms with Crippen LogP contribution in [0.1, 0.15) is 42.9 Å². The number of nitrogens with one attached hydrogen (secondary N) is 1. The van der Waals surface area contributed by atoms with Gasteiger partial charge in [0.1, 0.15) is 6.61 Å². The summed E-state index contributed by atoms with van der Waals surface area (Å²) in [5.74, 6) is 1.61. The molecule has 2 aromatic rings. The normalized spacial score (nSPS) is 19.7. The Morgan fingerprint density at radius 2 is 1.89 bits per heavy atom. The van der Waals surface area contributed by atoms with E-state index in [1.54, 1.807) is 26.2 Å². The average molecular weight is 494 g/mol. The quantitative estimate of drug-likeness (QED) is 0.609. The molecule has 192 valence electrons. The summed E-state index contributed by atoms with van der Waals surface area (Å²) in [7, 11) is 4.94. The van der Waals surface area contributed by atoms with Gasteiger partial charge < -0.3 is 24.4 Å². The number of benzene rings is 2. The van der Waals surface area contributed by atoms with Gasteiger partial charge in [0.2, 0.25) is 5.91 Å². The third kappa shape index (κ3) is 5.38. The van der Waals surface area contributed by atoms with Gasteiger partial charge in [-0.2, -0.15) is 0 Å². The minimum Gasteiger partial charge on any atom is -0.493 e. The number of ether oxygens (including phenoxy) is 3. The predicted molar refractivity (Wildman–Crippen MR) is 139 cm³/mol. The van der Waals surface area contributed by atoms with Crippen molar-refractivity contribution >= 4 is 23.2 Å². The largest absolute Gasteiger partial charge is 0.493 e. The molecule has 0 aromatic heterocycles. The van der Waals surface area contributed by atoms with Crippen LogP contribution in [0.25, 0.3) is 0 Å². The van der Waals surface area contributed by atoms with E-state index in [0.29, 0.717) is 37.5 Å². The van der Waals surface area contributed by atoms with Crippen LogP contribution in [0.4, 0.5) is 5.69 Å². The summed E-state index contributed by atoms with van der Waals surface area (Å²) in [5, 5.41) is 2.72. The van der Waals surface area contributed by atoms with Crippen LogP contribution in [0.2, 0.25) is 0 Å². The Kier molecular flexibility index (Phi) is 8.25. The summed E-state index contributed by atoms with van der Waals surface area (Å²) in [4.78, 5) is 31.4. The molecular formula is C28H35N3O5. The molecule has 1 saturated heterocycles. The van der Waals surface area contributed by atoms with Crippen molar-refractivity contribution in [2.75, 3.05) is 45.9 Å². The number of morpholine rings is 1. The summed E-state index contributed by atoms with van der Waals surface area (Å²) in [6.07, 6.45) is 2.87. The molecule has 2 unspecified atom stereocenters. The van der Waals surface area contributed by atoms with Crippen LogP contribution in [-0.4, -0.2) is 64.6 Å². The zero-order valence-corrected chi connectivity index (χ0v) is 21.5. The van der Waals surface area contributed by atoms with Crippen molar-refractivity contribution in [2.45, 2.75) is 38.6 Å². The Bertz CT molecular complexity index is 1130. The number of nitrogens with zero attached hydrogens (tertiary/aromatic N) is 2. The van der Waals surface area contributed by atoms with Crippen LogP contribution in [0.15, 0.2) is 41.4 Å². The van der Waals surface area contributed by atoms with E-state index in [-0.39, 0.29) is 30.4 Å². The van der Waals surface area contributed by atoms with E-state index < -0.39 is 0 Å². The van der Waals surface area contributed by atoms with Crippen LogP contribution < -0.4 is 19.7 Å². The van der Waals surface area contributed by atoms with Crippen LogP contribution >= 0.6 is 0 Å². The number of carbonyl (C=O) groups excluding carboxylic acids is 2. The summed E-state index contributed by atoms with van der Waals surface area (Å²) < 4.78 is 16.5. The summed E-state index contributed by atoms with van der Waals surface area (Å²) in [6.45, 7) is 3.35. The van der Waals surface area contributed by atoms with E-state index in [1.165, 1.54) is 0 Å². The molecule has 0 spiro atoms. The Morgan fingerprint density at radius 1 is 1.17 bits per heavy atom. The molecule has 2 atom stereocenters. The maximum Gasteiger partial charge on any atom is 0.253 e. The Balaban J connectivity index is 1.78. The van der Waals surface area contributed by atoms with Gasteiger partial charge in [-0.05, 0) is 48.6 Å². The summed E-state index contributed by atoms with van der Waals surface area (Å²) in [5.41, 5.74) is 4.81. The van der Waals surface area contributed by atoms with Crippen molar-refractivity contribution in [1.29, 1.82) is 0 Å². The van der Waals surface area contributed by atoms with Crippen LogP contribution in [0, 0.1) is 5.92 Å². The topological polar surface area (TPSA) is 89.5 Å². The highest BCUT2D eigenvalue weighted by Gasteiger charge is 2.29. The van der Waals surface area contributed by atoms with Crippen LogP contribution in [0.5, 0.6) is 11.5 Å². The molecule has 2 aliphatic rings. The summed E-state index contributed by atoms with van der Waals surface area (Å²) >= 11 is 0. The van der Waals surface area contributed by atoms with Gasteiger partial charge in [-0.3, -0.25) is 14.6 Å². The first-order chi connectivity index (χ1) is 17.5. The lowest BCUT2D eigenvalue weighted by molar-refractivity contribution is -0.125. The van der Waals surface area contributed by atoms with Crippen molar-refractivity contribution in [1.82, 2.24) is 5.32 Å². The number of carbonyl (C=O) groups is 2. The van der Waals surface area contributed by atoms with Crippen LogP contribution in [-0.2, 0) is 20.7 Å². The number of rotatable bonds is 8. The Labute approximate surface area is 212 Å². The molecule has 8 nitrogen and oxygen atoms in total. The van der Waals surface area contributed by atoms with Crippen LogP contribution in [0.3, 0.4) is 0 Å². The fraction of sp³-hybridized carbons (Fsp3) is 0.464. The zero-order chi connectivity index (χ0) is 25.7. The number of fused-ring (bicyclic) bond motifs is 1. The Hall–Kier alpha value is -3.39. The van der Waals surface area contributed by atoms with Crippen molar-refractivity contribution in [3.8, 4) is 11.5 Å². The fourth-order valence-corrected chi connectivity index (χ4v) is 5.01. The van der Waals surface area contributed by atoms with Crippen molar-refractivity contribution < 1.29 is 23.8 Å². The number of hydrogen-bond acceptors (Lipinski definition) is 6. The predicted octanol–water partition coefficient (Wildman–Crippen LogP) is 3.38. The molecule has 2 aliphatic heterocycles. The van der Waals surface area contributed by atoms with E-state index >= 15 is 0 Å². The number of amides is 2. The highest BCUT2D eigenvalue weighted by molar-refractivity contribution is 6.14. The van der Waals surface area contributed by atoms with Gasteiger partial charge in [0, 0.05) is 36.8 Å². The van der Waals surface area contributed by atoms with Gasteiger partial charge in [0.25, 0.3) is 5.91 Å². The lowest BCUT2D eigenvalue weighted by atomic mass is 9.87. The number of aliphatic imine (C=N–C) groups is 1. The summed E-state index contributed by atoms with van der Waals surface area (Å²) in [6, 6.07) is 12.0. The Morgan fingerprint density at radius 3 is 2.53 bits per heavy atom. The monoisotopic (exact) mass is 493 g/mol. The van der Waals surface area contributed by atoms with E-state index in [2.05, 4.69) is 12.2 Å². The third-order valence-electron chi connectivity index (χ3n) is 7.09. The molecule has 2 amide bonds. The molecule has 0 radical (unpaired) electrons. The SMILES string of the molecule is CCC1Cc2cc(OC)c(OC)cc2C(c2ccc(N3CCOCC3=O)cc2)=NC1CCC(=O)NC. The highest BCUT2D eigenvalue weighted by Crippen LogP contribution is 2.37. The second-order valence-electron chi connectivity index (χ2n) is 9.14. The molecule has 8 heteroatoms. The van der Waals surface area contributed by atoms with Crippen molar-refractivity contribution in [3.63, 3.8) is 0 Å². The van der Waals surface area contributed by atoms with E-state index in [4.69, 9.17) is 19.2 Å². The van der Waals surface area contributed by atoms with Gasteiger partial charge in [-0.25, -0.2) is 0 Å². The fourth-order valence-electron chi connectivity index (χ4n) is 5.01. The van der Waals surface area contributed by atoms with Gasteiger partial charge in [-0.1, -0.05) is 25.5 Å². The minimum absolute atomic E-state index is 0.00723. The smallest absolute Gasteiger partial charge is 0.253 e. The first-order valence-electron chi connectivity index (χ1n) is 12.5. The maximum atomic E-state index is 12.3. The lowest BCUT2D eigenvalue weighted by Gasteiger charge is -2.27. The second-order valence-corrected chi connectivity index (χ2v) is 9.14. The van der Waals surface area contributed by atoms with E-state index in [1.807, 2.05) is 36.4 Å². The standard InChI is InChI=1S/C28H35N3O5/c1-5-18-14-20-15-24(34-3)25(35-4)16-22(20)28(30-23(18)10-11-26(32)29-2)19-6-8-21(9-7-19)31-12-13-36-17-27(31)33/h6-9,15-16,18,23H,5,10-14,17H2,1-4H3,(H,29,32). The molecule has 4 rings (SSSR count). The van der Waals surface area contributed by atoms with Gasteiger partial charge >= 0.3 is 0 Å². The minimum atomic E-state index is -0.0389. The highest BCUT2D eigenvalue weighted by atomic mass is 16.5. The lowest BCUT2D eigenvalue weighted by Crippen LogP contribution is -2.41. The maximum absolute atomic E-state index is 12.3. The zero-order valence-electron chi connectivity index (χ0n) is 21.5. The third-order valence-corrected chi connectivity index (χ3v) is 7.09. The van der Waals surface area contributed by atoms with E-state index in [9.17, 15) is 9.59 Å². The van der Waals surface area contributed by atoms with Crippen molar-refractivity contribution in [2.24, 2.45) is 10.9 Å². The average Bonchev–Trinajstić information content (AvgIpc) is 3.07. The van der Waals surface area contributed by atoms with Crippen molar-refractivity contribution in [3.05, 3.63) is 53.1 Å². The molecule has 0 saturated carbocycles. The molecule has 0 aliphatic carbocycles. The molecule has 2 heterocycles. The molecule has 0 bridgehead atoms. The first-order valence-corrected chi connectivity index (χ1v) is 12.5. The number of hydrogen-bond donors (Lipinski definition) is 1. The van der Waals surface area contributed by atoms with Gasteiger partial charge in [0.05, 0.1) is 32.6 Å². The number of methoxy groups -OCH3 is 2. The molecule has 36 heavy (non-hydrogen) atoms. The van der Waals surface area contributed by atoms with E-state index in [0.717, 1.165) is 40.9 Å². The molecular weight excluding hydrogens is 458 g/mol. The van der Waals surface area contributed by atoms with Gasteiger partial charge in [-0.15, -0.1) is 0 Å².